The van der Waals surface area contributed by atoms with Gasteiger partial charge in [0.05, 0.1) is 0 Å². The third kappa shape index (κ3) is 1240. The summed E-state index contributed by atoms with van der Waals surface area (Å²) >= 11 is -6.25. The average molecular weight is 276 g/mol. The molecule has 6 heteroatoms. The molecule has 0 bridgehead atoms. The van der Waals surface area contributed by atoms with E-state index in [9.17, 15) is 7.48 Å². The fraction of sp³-hybridized carbons (Fsp3) is 1.00. The molecule has 0 saturated heterocycles. The first kappa shape index (κ1) is 13.2. The normalized spacial score (nSPS) is 11.8. The van der Waals surface area contributed by atoms with Crippen molar-refractivity contribution in [3.63, 3.8) is 0 Å². The Morgan fingerprint density at radius 2 is 0.800 bits per heavy atom. The van der Waals surface area contributed by atoms with Crippen LogP contribution in [0.4, 0.5) is 0 Å². The molecule has 0 amide bonds. The van der Waals surface area contributed by atoms with E-state index in [4.69, 9.17) is 8.19 Å². The standard InChI is InChI=1S/2C2H7AsO2/c2*1-3(2,4)5/h2*1-2H3,(H,4,5). The fourth-order valence-electron chi connectivity index (χ4n) is 0. The average Bonchev–Trinajstić information content (AvgIpc) is 1.12. The molecule has 0 radical (unpaired) electrons. The van der Waals surface area contributed by atoms with E-state index in [-0.39, 0.29) is 0 Å². The number of hydrogen-bond acceptors (Lipinski definition) is 2. The molecule has 2 N–H and O–H groups in total. The van der Waals surface area contributed by atoms with Gasteiger partial charge in [0.15, 0.2) is 0 Å². The van der Waals surface area contributed by atoms with Crippen molar-refractivity contribution in [2.45, 2.75) is 22.8 Å². The van der Waals surface area contributed by atoms with Crippen LogP contribution in [0, 0.1) is 0 Å². The van der Waals surface area contributed by atoms with Gasteiger partial charge in [-0.3, -0.25) is 0 Å². The van der Waals surface area contributed by atoms with Crippen LogP contribution in [0.3, 0.4) is 0 Å². The first-order valence-corrected chi connectivity index (χ1v) is 13.3. The Labute approximate surface area is 66.3 Å². The summed E-state index contributed by atoms with van der Waals surface area (Å²) < 4.78 is 35.9. The molecule has 0 rings (SSSR count). The van der Waals surface area contributed by atoms with Crippen molar-refractivity contribution in [1.82, 2.24) is 0 Å². The van der Waals surface area contributed by atoms with Gasteiger partial charge in [0.2, 0.25) is 0 Å². The minimum atomic E-state index is -3.12. The van der Waals surface area contributed by atoms with Gasteiger partial charge in [-0.05, 0) is 0 Å². The van der Waals surface area contributed by atoms with Crippen molar-refractivity contribution >= 4 is 27.7 Å². The van der Waals surface area contributed by atoms with Gasteiger partial charge in [0.1, 0.15) is 0 Å². The first-order chi connectivity index (χ1) is 4.00. The Hall–Kier alpha value is 0.637. The molecule has 0 unspecified atom stereocenters. The van der Waals surface area contributed by atoms with Crippen molar-refractivity contribution in [2.75, 3.05) is 0 Å². The second kappa shape index (κ2) is 4.50. The molecule has 4 nitrogen and oxygen atoms in total. The van der Waals surface area contributed by atoms with Crippen LogP contribution in [-0.2, 0) is 7.48 Å². The molecule has 0 aliphatic rings. The van der Waals surface area contributed by atoms with Gasteiger partial charge in [-0.1, -0.05) is 0 Å². The third-order valence-electron chi connectivity index (χ3n) is 0. The van der Waals surface area contributed by atoms with E-state index >= 15 is 0 Å². The van der Waals surface area contributed by atoms with Crippen LogP contribution in [-0.4, -0.2) is 35.9 Å². The Morgan fingerprint density at radius 1 is 0.800 bits per heavy atom. The number of hydrogen-bond donors (Lipinski definition) is 2. The maximum absolute atomic E-state index is 9.83. The molecule has 0 atom stereocenters. The molecular weight excluding hydrogens is 262 g/mol. The van der Waals surface area contributed by atoms with E-state index in [0.717, 1.165) is 0 Å². The SMILES string of the molecule is C[As](C)(=O)O.C[As](C)(=O)O. The molecule has 64 valence electrons. The van der Waals surface area contributed by atoms with Gasteiger partial charge in [0.25, 0.3) is 0 Å². The van der Waals surface area contributed by atoms with E-state index in [0.29, 0.717) is 0 Å². The quantitative estimate of drug-likeness (QED) is 0.621. The van der Waals surface area contributed by atoms with Crippen LogP contribution in [0.1, 0.15) is 0 Å². The van der Waals surface area contributed by atoms with E-state index in [1.165, 1.54) is 22.8 Å². The Balaban J connectivity index is 0. The van der Waals surface area contributed by atoms with Crippen LogP contribution in [0.25, 0.3) is 0 Å². The van der Waals surface area contributed by atoms with Crippen molar-refractivity contribution in [3.8, 4) is 0 Å². The minimum absolute atomic E-state index is 1.36. The van der Waals surface area contributed by atoms with Crippen molar-refractivity contribution in [3.05, 3.63) is 0 Å². The molecule has 0 aromatic heterocycles. The topological polar surface area (TPSA) is 74.6 Å². The van der Waals surface area contributed by atoms with E-state index in [1.807, 2.05) is 0 Å². The zero-order valence-electron chi connectivity index (χ0n) is 6.61. The maximum atomic E-state index is 9.83. The van der Waals surface area contributed by atoms with Crippen molar-refractivity contribution < 1.29 is 15.7 Å². The van der Waals surface area contributed by atoms with Crippen LogP contribution in [0.15, 0.2) is 0 Å². The van der Waals surface area contributed by atoms with E-state index < -0.39 is 27.7 Å². The second-order valence-corrected chi connectivity index (χ2v) is 13.4. The fourth-order valence-corrected chi connectivity index (χ4v) is 0. The zero-order chi connectivity index (χ0) is 9.00. The van der Waals surface area contributed by atoms with Gasteiger partial charge < -0.3 is 0 Å². The predicted octanol–water partition coefficient (Wildman–Crippen LogP) is 0.222. The third-order valence-corrected chi connectivity index (χ3v) is 0. The first-order valence-electron chi connectivity index (χ1n) is 2.55. The van der Waals surface area contributed by atoms with Gasteiger partial charge in [-0.25, -0.2) is 0 Å². The summed E-state index contributed by atoms with van der Waals surface area (Å²) in [5.74, 6) is 0. The molecule has 0 fully saturated rings. The second-order valence-electron chi connectivity index (χ2n) is 2.59. The molecule has 0 aliphatic heterocycles. The Bertz CT molecular complexity index is 128. The van der Waals surface area contributed by atoms with Crippen LogP contribution in [0.5, 0.6) is 0 Å². The molecule has 0 aliphatic carbocycles. The molecule has 0 saturated carbocycles. The molecule has 0 heterocycles. The number of rotatable bonds is 0. The summed E-state index contributed by atoms with van der Waals surface area (Å²) in [5.41, 5.74) is 5.44. The molecule has 10 heavy (non-hydrogen) atoms. The van der Waals surface area contributed by atoms with Gasteiger partial charge in [0, 0.05) is 0 Å². The van der Waals surface area contributed by atoms with Gasteiger partial charge >= 0.3 is 66.2 Å². The summed E-state index contributed by atoms with van der Waals surface area (Å²) in [6.45, 7) is 0. The van der Waals surface area contributed by atoms with Crippen LogP contribution >= 0.6 is 0 Å². The molecule has 0 aromatic rings. The molecular formula is C4H14As2O4. The van der Waals surface area contributed by atoms with Crippen LogP contribution in [0.2, 0.25) is 22.8 Å². The van der Waals surface area contributed by atoms with Crippen LogP contribution < -0.4 is 0 Å². The van der Waals surface area contributed by atoms with E-state index in [2.05, 4.69) is 0 Å². The van der Waals surface area contributed by atoms with Crippen molar-refractivity contribution in [1.29, 1.82) is 0 Å². The van der Waals surface area contributed by atoms with Gasteiger partial charge in [-0.15, -0.1) is 0 Å². The summed E-state index contributed by atoms with van der Waals surface area (Å²) in [6, 6.07) is 0. The Kier molecular flexibility index (Phi) is 5.96. The summed E-state index contributed by atoms with van der Waals surface area (Å²) in [7, 11) is 0. The van der Waals surface area contributed by atoms with Crippen molar-refractivity contribution in [2.24, 2.45) is 0 Å². The summed E-state index contributed by atoms with van der Waals surface area (Å²) in [4.78, 5) is 0. The molecule has 0 aromatic carbocycles. The summed E-state index contributed by atoms with van der Waals surface area (Å²) in [6.07, 6.45) is 0. The predicted molar refractivity (Wildman–Crippen MR) is 40.8 cm³/mol. The van der Waals surface area contributed by atoms with Gasteiger partial charge in [-0.2, -0.15) is 0 Å². The monoisotopic (exact) mass is 276 g/mol. The summed E-state index contributed by atoms with van der Waals surface area (Å²) in [5, 5.41) is 0. The molecule has 0 spiro atoms. The Morgan fingerprint density at radius 3 is 0.800 bits per heavy atom. The zero-order valence-corrected chi connectivity index (χ0v) is 10.4. The van der Waals surface area contributed by atoms with E-state index in [1.54, 1.807) is 0 Å².